The van der Waals surface area contributed by atoms with Crippen LogP contribution in [-0.2, 0) is 11.2 Å². The molecule has 0 saturated heterocycles. The molecule has 3 nitrogen and oxygen atoms in total. The molecule has 1 rings (SSSR count). The highest BCUT2D eigenvalue weighted by Gasteiger charge is 2.24. The molecule has 16 heavy (non-hydrogen) atoms. The summed E-state index contributed by atoms with van der Waals surface area (Å²) in [6.45, 7) is 6.32. The molecule has 1 unspecified atom stereocenters. The van der Waals surface area contributed by atoms with E-state index in [4.69, 9.17) is 5.11 Å². The zero-order valence-corrected chi connectivity index (χ0v) is 11.0. The number of carbonyl (C=O) groups is 1. The lowest BCUT2D eigenvalue weighted by atomic mass is 10.1. The minimum absolute atomic E-state index is 0.478. The summed E-state index contributed by atoms with van der Waals surface area (Å²) >= 11 is 0. The topological polar surface area (TPSA) is 49.3 Å². The van der Waals surface area contributed by atoms with Crippen LogP contribution in [0.4, 0.5) is 0 Å². The van der Waals surface area contributed by atoms with Gasteiger partial charge in [-0.3, -0.25) is 4.79 Å². The molecule has 88 valence electrons. The predicted molar refractivity (Wildman–Crippen MR) is 68.1 cm³/mol. The number of nitrogens with one attached hydrogen (secondary N) is 1. The molecule has 0 amide bonds. The minimum atomic E-state index is -1.57. The lowest BCUT2D eigenvalue weighted by molar-refractivity contribution is -0.139. The molecule has 0 radical (unpaired) electrons. The summed E-state index contributed by atoms with van der Waals surface area (Å²) in [5.41, 5.74) is 1.06. The van der Waals surface area contributed by atoms with Gasteiger partial charge in [-0.2, -0.15) is 0 Å². The molecular weight excluding hydrogens is 218 g/mol. The van der Waals surface area contributed by atoms with E-state index in [1.54, 1.807) is 0 Å². The maximum atomic E-state index is 11.1. The second kappa shape index (κ2) is 5.27. The van der Waals surface area contributed by atoms with Gasteiger partial charge in [0, 0.05) is 0 Å². The van der Waals surface area contributed by atoms with E-state index in [0.29, 0.717) is 6.42 Å². The van der Waals surface area contributed by atoms with Crippen molar-refractivity contribution in [2.24, 2.45) is 0 Å². The standard InChI is InChI=1S/C12H19NO2Si/c1-16(2,3)13-11(12(14)15)9-10-7-5-4-6-8-10/h4-8,11,13H,9H2,1-3H3,(H,14,15). The van der Waals surface area contributed by atoms with Crippen LogP contribution in [0.25, 0.3) is 0 Å². The summed E-state index contributed by atoms with van der Waals surface area (Å²) < 4.78 is 0. The fraction of sp³-hybridized carbons (Fsp3) is 0.417. The Balaban J connectivity index is 2.70. The van der Waals surface area contributed by atoms with Crippen molar-refractivity contribution in [3.8, 4) is 0 Å². The molecule has 1 atom stereocenters. The maximum Gasteiger partial charge on any atom is 0.320 e. The molecule has 2 N–H and O–H groups in total. The van der Waals surface area contributed by atoms with Crippen LogP contribution in [0.2, 0.25) is 19.6 Å². The molecule has 0 aliphatic carbocycles. The van der Waals surface area contributed by atoms with Gasteiger partial charge in [-0.15, -0.1) is 0 Å². The van der Waals surface area contributed by atoms with Gasteiger partial charge in [0.05, 0.1) is 0 Å². The van der Waals surface area contributed by atoms with Crippen molar-refractivity contribution < 1.29 is 9.90 Å². The smallest absolute Gasteiger partial charge is 0.320 e. The highest BCUT2D eigenvalue weighted by Crippen LogP contribution is 2.06. The monoisotopic (exact) mass is 237 g/mol. The fourth-order valence-electron chi connectivity index (χ4n) is 1.57. The Kier molecular flexibility index (Phi) is 4.26. The maximum absolute atomic E-state index is 11.1. The van der Waals surface area contributed by atoms with Gasteiger partial charge in [0.1, 0.15) is 14.3 Å². The highest BCUT2D eigenvalue weighted by atomic mass is 28.3. The summed E-state index contributed by atoms with van der Waals surface area (Å²) in [6, 6.07) is 9.24. The summed E-state index contributed by atoms with van der Waals surface area (Å²) in [7, 11) is -1.57. The average molecular weight is 237 g/mol. The number of carboxylic acid groups (broad SMARTS) is 1. The van der Waals surface area contributed by atoms with E-state index in [-0.39, 0.29) is 0 Å². The average Bonchev–Trinajstić information content (AvgIpc) is 2.16. The van der Waals surface area contributed by atoms with Gasteiger partial charge >= 0.3 is 5.97 Å². The van der Waals surface area contributed by atoms with Crippen LogP contribution in [0.3, 0.4) is 0 Å². The molecule has 0 aromatic heterocycles. The summed E-state index contributed by atoms with van der Waals surface area (Å²) in [6.07, 6.45) is 0.542. The molecule has 0 saturated carbocycles. The van der Waals surface area contributed by atoms with Crippen molar-refractivity contribution in [2.75, 3.05) is 0 Å². The normalized spacial score (nSPS) is 13.4. The van der Waals surface area contributed by atoms with Gasteiger partial charge in [0.2, 0.25) is 0 Å². The summed E-state index contributed by atoms with van der Waals surface area (Å²) in [5.74, 6) is -0.772. The van der Waals surface area contributed by atoms with Crippen molar-refractivity contribution in [1.29, 1.82) is 0 Å². The Hall–Kier alpha value is -1.13. The predicted octanol–water partition coefficient (Wildman–Crippen LogP) is 2.11. The van der Waals surface area contributed by atoms with Gasteiger partial charge in [-0.25, -0.2) is 0 Å². The number of rotatable bonds is 5. The molecule has 0 bridgehead atoms. The van der Waals surface area contributed by atoms with Crippen molar-refractivity contribution in [3.05, 3.63) is 35.9 Å². The Morgan fingerprint density at radius 2 is 1.88 bits per heavy atom. The van der Waals surface area contributed by atoms with Gasteiger partial charge in [-0.05, 0) is 12.0 Å². The molecule has 0 aliphatic rings. The lowest BCUT2D eigenvalue weighted by Crippen LogP contribution is -2.52. The molecule has 0 aliphatic heterocycles. The number of hydrogen-bond donors (Lipinski definition) is 2. The van der Waals surface area contributed by atoms with E-state index in [9.17, 15) is 4.79 Å². The third-order valence-electron chi connectivity index (χ3n) is 2.19. The van der Waals surface area contributed by atoms with Gasteiger partial charge in [0.15, 0.2) is 0 Å². The van der Waals surface area contributed by atoms with E-state index in [1.807, 2.05) is 30.3 Å². The van der Waals surface area contributed by atoms with Crippen LogP contribution in [0.5, 0.6) is 0 Å². The third-order valence-corrected chi connectivity index (χ3v) is 3.40. The van der Waals surface area contributed by atoms with E-state index >= 15 is 0 Å². The molecule has 1 aromatic rings. The molecular formula is C12H19NO2Si. The van der Waals surface area contributed by atoms with Crippen molar-refractivity contribution in [1.82, 2.24) is 4.98 Å². The SMILES string of the molecule is C[Si](C)(C)NC(Cc1ccccc1)C(=O)O. The van der Waals surface area contributed by atoms with Crippen LogP contribution in [0, 0.1) is 0 Å². The first kappa shape index (κ1) is 12.9. The van der Waals surface area contributed by atoms with E-state index in [0.717, 1.165) is 5.56 Å². The van der Waals surface area contributed by atoms with Gasteiger partial charge < -0.3 is 10.1 Å². The molecule has 0 heterocycles. The Labute approximate surface area is 97.6 Å². The first-order valence-corrected chi connectivity index (χ1v) is 8.93. The highest BCUT2D eigenvalue weighted by molar-refractivity contribution is 6.73. The zero-order valence-electron chi connectivity index (χ0n) is 10.0. The largest absolute Gasteiger partial charge is 0.480 e. The number of aliphatic carboxylic acids is 1. The summed E-state index contributed by atoms with van der Waals surface area (Å²) in [4.78, 5) is 14.4. The number of carboxylic acids is 1. The van der Waals surface area contributed by atoms with Crippen molar-refractivity contribution in [2.45, 2.75) is 32.1 Å². The Morgan fingerprint density at radius 3 is 2.31 bits per heavy atom. The van der Waals surface area contributed by atoms with E-state index < -0.39 is 20.2 Å². The van der Waals surface area contributed by atoms with Crippen LogP contribution < -0.4 is 4.98 Å². The quantitative estimate of drug-likeness (QED) is 0.771. The fourth-order valence-corrected chi connectivity index (χ4v) is 2.84. The van der Waals surface area contributed by atoms with E-state index in [2.05, 4.69) is 24.6 Å². The second-order valence-corrected chi connectivity index (χ2v) is 9.76. The third kappa shape index (κ3) is 4.59. The van der Waals surface area contributed by atoms with Crippen molar-refractivity contribution in [3.63, 3.8) is 0 Å². The van der Waals surface area contributed by atoms with Gasteiger partial charge in [0.25, 0.3) is 0 Å². The van der Waals surface area contributed by atoms with Crippen LogP contribution in [-0.4, -0.2) is 25.4 Å². The molecule has 4 heteroatoms. The van der Waals surface area contributed by atoms with Crippen LogP contribution in [0.1, 0.15) is 5.56 Å². The number of hydrogen-bond acceptors (Lipinski definition) is 2. The second-order valence-electron chi connectivity index (χ2n) is 4.97. The Bertz CT molecular complexity index is 346. The molecule has 0 spiro atoms. The lowest BCUT2D eigenvalue weighted by Gasteiger charge is -2.24. The van der Waals surface area contributed by atoms with E-state index in [1.165, 1.54) is 0 Å². The van der Waals surface area contributed by atoms with Crippen LogP contribution >= 0.6 is 0 Å². The first-order valence-electron chi connectivity index (χ1n) is 5.43. The summed E-state index contributed by atoms with van der Waals surface area (Å²) in [5, 5.41) is 9.16. The van der Waals surface area contributed by atoms with Gasteiger partial charge in [-0.1, -0.05) is 50.0 Å². The Morgan fingerprint density at radius 1 is 1.31 bits per heavy atom. The zero-order chi connectivity index (χ0) is 12.2. The molecule has 1 aromatic carbocycles. The minimum Gasteiger partial charge on any atom is -0.480 e. The van der Waals surface area contributed by atoms with Crippen LogP contribution in [0.15, 0.2) is 30.3 Å². The van der Waals surface area contributed by atoms with Crippen molar-refractivity contribution >= 4 is 14.2 Å². The number of benzene rings is 1. The molecule has 0 fully saturated rings. The first-order chi connectivity index (χ1) is 7.38.